The van der Waals surface area contributed by atoms with Crippen LogP contribution < -0.4 is 10.6 Å². The van der Waals surface area contributed by atoms with E-state index in [0.717, 1.165) is 22.0 Å². The molecule has 0 atom stereocenters. The molecule has 24 heavy (non-hydrogen) atoms. The molecule has 2 aromatic carbocycles. The molecular weight excluding hydrogens is 304 g/mol. The van der Waals surface area contributed by atoms with Crippen LogP contribution in [0.3, 0.4) is 0 Å². The van der Waals surface area contributed by atoms with Crippen molar-refractivity contribution in [1.82, 2.24) is 25.5 Å². The second-order valence-electron chi connectivity index (χ2n) is 5.29. The number of hydrogen-bond donors (Lipinski definition) is 3. The molecule has 0 aliphatic carbocycles. The highest BCUT2D eigenvalue weighted by Crippen LogP contribution is 2.25. The predicted molar refractivity (Wildman–Crippen MR) is 92.3 cm³/mol. The monoisotopic (exact) mass is 318 g/mol. The van der Waals surface area contributed by atoms with Crippen LogP contribution in [-0.4, -0.2) is 33.1 Å². The Morgan fingerprint density at radius 1 is 1.12 bits per heavy atom. The number of nitrogens with zero attached hydrogens (tertiary/aromatic N) is 3. The van der Waals surface area contributed by atoms with Crippen LogP contribution in [0.2, 0.25) is 0 Å². The Labute approximate surface area is 137 Å². The van der Waals surface area contributed by atoms with Gasteiger partial charge >= 0.3 is 0 Å². The number of H-pyrrole nitrogens is 1. The second kappa shape index (κ2) is 5.62. The molecule has 0 aliphatic rings. The van der Waals surface area contributed by atoms with Crippen molar-refractivity contribution in [2.24, 2.45) is 0 Å². The molecule has 1 amide bonds. The van der Waals surface area contributed by atoms with E-state index < -0.39 is 0 Å². The number of fused-ring (bicyclic) bond motifs is 2. The molecule has 3 N–H and O–H groups in total. The molecule has 2 aromatic heterocycles. The first-order valence-electron chi connectivity index (χ1n) is 7.43. The average molecular weight is 318 g/mol. The number of hydrogen-bond acceptors (Lipinski definition) is 5. The van der Waals surface area contributed by atoms with Crippen LogP contribution in [0.4, 0.5) is 11.5 Å². The molecule has 0 saturated carbocycles. The van der Waals surface area contributed by atoms with Gasteiger partial charge in [0, 0.05) is 23.5 Å². The number of aromatic amines is 1. The molecule has 4 rings (SSSR count). The van der Waals surface area contributed by atoms with Gasteiger partial charge in [0.15, 0.2) is 0 Å². The highest BCUT2D eigenvalue weighted by molar-refractivity contribution is 5.97. The minimum Gasteiger partial charge on any atom is -0.352 e. The summed E-state index contributed by atoms with van der Waals surface area (Å²) in [4.78, 5) is 20.6. The fourth-order valence-corrected chi connectivity index (χ4v) is 2.54. The third kappa shape index (κ3) is 2.41. The summed E-state index contributed by atoms with van der Waals surface area (Å²) in [7, 11) is 1.56. The maximum atomic E-state index is 11.9. The van der Waals surface area contributed by atoms with Crippen molar-refractivity contribution < 1.29 is 4.79 Å². The zero-order valence-electron chi connectivity index (χ0n) is 12.9. The van der Waals surface area contributed by atoms with Crippen LogP contribution in [0.25, 0.3) is 21.8 Å². The average Bonchev–Trinajstić information content (AvgIpc) is 3.08. The Hall–Kier alpha value is -3.48. The number of amides is 1. The zero-order valence-corrected chi connectivity index (χ0v) is 12.9. The summed E-state index contributed by atoms with van der Waals surface area (Å²) in [6.45, 7) is 0. The number of para-hydroxylation sites is 1. The van der Waals surface area contributed by atoms with E-state index >= 15 is 0 Å². The molecule has 0 spiro atoms. The van der Waals surface area contributed by atoms with Crippen LogP contribution in [0, 0.1) is 0 Å². The number of benzene rings is 2. The highest BCUT2D eigenvalue weighted by atomic mass is 16.2. The van der Waals surface area contributed by atoms with Gasteiger partial charge in [-0.3, -0.25) is 9.89 Å². The van der Waals surface area contributed by atoms with E-state index in [-0.39, 0.29) is 11.7 Å². The molecular formula is C17H14N6O. The van der Waals surface area contributed by atoms with E-state index in [2.05, 4.69) is 30.8 Å². The van der Waals surface area contributed by atoms with Gasteiger partial charge in [-0.05, 0) is 30.3 Å². The summed E-state index contributed by atoms with van der Waals surface area (Å²) in [5.41, 5.74) is 2.52. The third-order valence-corrected chi connectivity index (χ3v) is 3.74. The van der Waals surface area contributed by atoms with Crippen molar-refractivity contribution >= 4 is 39.2 Å². The van der Waals surface area contributed by atoms with Crippen LogP contribution in [0.1, 0.15) is 10.6 Å². The van der Waals surface area contributed by atoms with E-state index in [1.165, 1.54) is 0 Å². The lowest BCUT2D eigenvalue weighted by molar-refractivity contribution is 0.0953. The Kier molecular flexibility index (Phi) is 3.31. The standard InChI is InChI=1S/C17H14N6O/c1-18-17(24)16-21-14-5-3-2-4-12(14)15(22-16)20-11-6-7-13-10(8-11)9-19-23-13/h2-9H,1H3,(H,18,24)(H,19,23)(H,20,21,22). The van der Waals surface area contributed by atoms with Crippen LogP contribution in [0.15, 0.2) is 48.7 Å². The summed E-state index contributed by atoms with van der Waals surface area (Å²) >= 11 is 0. The van der Waals surface area contributed by atoms with Gasteiger partial charge in [0.05, 0.1) is 17.2 Å². The molecule has 0 aliphatic heterocycles. The van der Waals surface area contributed by atoms with Gasteiger partial charge in [0.2, 0.25) is 5.82 Å². The van der Waals surface area contributed by atoms with E-state index in [9.17, 15) is 4.79 Å². The van der Waals surface area contributed by atoms with Gasteiger partial charge < -0.3 is 10.6 Å². The van der Waals surface area contributed by atoms with Gasteiger partial charge in [-0.2, -0.15) is 5.10 Å². The van der Waals surface area contributed by atoms with E-state index in [0.29, 0.717) is 11.3 Å². The Balaban J connectivity index is 1.83. The lowest BCUT2D eigenvalue weighted by Crippen LogP contribution is -2.21. The Morgan fingerprint density at radius 3 is 2.88 bits per heavy atom. The normalized spacial score (nSPS) is 10.9. The minimum atomic E-state index is -0.325. The lowest BCUT2D eigenvalue weighted by Gasteiger charge is -2.10. The summed E-state index contributed by atoms with van der Waals surface area (Å²) < 4.78 is 0. The van der Waals surface area contributed by atoms with Crippen LogP contribution in [-0.2, 0) is 0 Å². The van der Waals surface area contributed by atoms with Crippen molar-refractivity contribution in [3.63, 3.8) is 0 Å². The molecule has 2 heterocycles. The first-order valence-corrected chi connectivity index (χ1v) is 7.43. The first kappa shape index (κ1) is 14.1. The fourth-order valence-electron chi connectivity index (χ4n) is 2.54. The number of carbonyl (C=O) groups is 1. The molecule has 118 valence electrons. The molecule has 0 fully saturated rings. The van der Waals surface area contributed by atoms with Gasteiger partial charge in [0.25, 0.3) is 5.91 Å². The largest absolute Gasteiger partial charge is 0.352 e. The Morgan fingerprint density at radius 2 is 2.00 bits per heavy atom. The van der Waals surface area contributed by atoms with Crippen molar-refractivity contribution in [1.29, 1.82) is 0 Å². The zero-order chi connectivity index (χ0) is 16.5. The summed E-state index contributed by atoms with van der Waals surface area (Å²) in [5, 5.41) is 14.6. The molecule has 0 radical (unpaired) electrons. The van der Waals surface area contributed by atoms with Crippen molar-refractivity contribution in [3.8, 4) is 0 Å². The van der Waals surface area contributed by atoms with E-state index in [1.807, 2.05) is 42.5 Å². The predicted octanol–water partition coefficient (Wildman–Crippen LogP) is 2.61. The van der Waals surface area contributed by atoms with Crippen LogP contribution >= 0.6 is 0 Å². The summed E-state index contributed by atoms with van der Waals surface area (Å²) in [6, 6.07) is 13.4. The van der Waals surface area contributed by atoms with E-state index in [1.54, 1.807) is 13.2 Å². The van der Waals surface area contributed by atoms with Gasteiger partial charge in [0.1, 0.15) is 5.82 Å². The quantitative estimate of drug-likeness (QED) is 0.539. The third-order valence-electron chi connectivity index (χ3n) is 3.74. The first-order chi connectivity index (χ1) is 11.7. The molecule has 0 bridgehead atoms. The van der Waals surface area contributed by atoms with Gasteiger partial charge in [-0.25, -0.2) is 9.97 Å². The van der Waals surface area contributed by atoms with E-state index in [4.69, 9.17) is 0 Å². The summed E-state index contributed by atoms with van der Waals surface area (Å²) in [6.07, 6.45) is 1.76. The summed E-state index contributed by atoms with van der Waals surface area (Å²) in [5.74, 6) is 0.388. The number of aromatic nitrogens is 4. The fraction of sp³-hybridized carbons (Fsp3) is 0.0588. The smallest absolute Gasteiger partial charge is 0.288 e. The molecule has 4 aromatic rings. The maximum Gasteiger partial charge on any atom is 0.288 e. The van der Waals surface area contributed by atoms with Crippen molar-refractivity contribution in [3.05, 3.63) is 54.5 Å². The highest BCUT2D eigenvalue weighted by Gasteiger charge is 2.13. The second-order valence-corrected chi connectivity index (χ2v) is 5.29. The number of anilines is 2. The van der Waals surface area contributed by atoms with Crippen LogP contribution in [0.5, 0.6) is 0 Å². The number of rotatable bonds is 3. The van der Waals surface area contributed by atoms with Crippen molar-refractivity contribution in [2.75, 3.05) is 12.4 Å². The molecule has 0 unspecified atom stereocenters. The molecule has 0 saturated heterocycles. The molecule has 7 heteroatoms. The maximum absolute atomic E-state index is 11.9. The molecule has 7 nitrogen and oxygen atoms in total. The number of carbonyl (C=O) groups excluding carboxylic acids is 1. The van der Waals surface area contributed by atoms with Gasteiger partial charge in [-0.1, -0.05) is 12.1 Å². The van der Waals surface area contributed by atoms with Gasteiger partial charge in [-0.15, -0.1) is 0 Å². The topological polar surface area (TPSA) is 95.6 Å². The minimum absolute atomic E-state index is 0.128. The lowest BCUT2D eigenvalue weighted by atomic mass is 10.2. The SMILES string of the molecule is CNC(=O)c1nc(Nc2ccc3[nH]ncc3c2)c2ccccc2n1. The number of nitrogens with one attached hydrogen (secondary N) is 3. The Bertz CT molecular complexity index is 1060. The van der Waals surface area contributed by atoms with Crippen molar-refractivity contribution in [2.45, 2.75) is 0 Å².